The van der Waals surface area contributed by atoms with E-state index in [2.05, 4.69) is 4.74 Å². The number of ether oxygens (including phenoxy) is 2. The van der Waals surface area contributed by atoms with Gasteiger partial charge >= 0.3 is 5.97 Å². The molecule has 4 heteroatoms. The first kappa shape index (κ1) is 11.5. The van der Waals surface area contributed by atoms with Crippen LogP contribution in [0.1, 0.15) is 21.5 Å². The molecule has 1 aromatic rings. The smallest absolute Gasteiger partial charge is 0.338 e. The van der Waals surface area contributed by atoms with Crippen LogP contribution >= 0.6 is 0 Å². The van der Waals surface area contributed by atoms with E-state index < -0.39 is 11.8 Å². The number of rotatable bonds is 2. The number of hydrogen-bond donors (Lipinski definition) is 0. The van der Waals surface area contributed by atoms with E-state index in [0.29, 0.717) is 16.7 Å². The summed E-state index contributed by atoms with van der Waals surface area (Å²) in [5.74, 6) is -0.880. The molecule has 0 N–H and O–H groups in total. The van der Waals surface area contributed by atoms with Crippen LogP contribution in [0.15, 0.2) is 6.07 Å². The third-order valence-corrected chi connectivity index (χ3v) is 2.41. The molecule has 15 heavy (non-hydrogen) atoms. The molecule has 0 aliphatic heterocycles. The second-order valence-corrected chi connectivity index (χ2v) is 3.18. The zero-order valence-corrected chi connectivity index (χ0v) is 9.18. The highest BCUT2D eigenvalue weighted by Crippen LogP contribution is 2.26. The van der Waals surface area contributed by atoms with Gasteiger partial charge in [0.05, 0.1) is 19.8 Å². The Morgan fingerprint density at radius 2 is 1.87 bits per heavy atom. The van der Waals surface area contributed by atoms with Crippen LogP contribution in [0.3, 0.4) is 0 Å². The molecule has 0 amide bonds. The van der Waals surface area contributed by atoms with E-state index >= 15 is 0 Å². The second-order valence-electron chi connectivity index (χ2n) is 3.18. The molecule has 3 nitrogen and oxygen atoms in total. The van der Waals surface area contributed by atoms with Crippen molar-refractivity contribution in [2.45, 2.75) is 13.8 Å². The van der Waals surface area contributed by atoms with Crippen molar-refractivity contribution in [1.82, 2.24) is 0 Å². The summed E-state index contributed by atoms with van der Waals surface area (Å²) in [6, 6.07) is 1.35. The maximum Gasteiger partial charge on any atom is 0.338 e. The number of halogens is 1. The van der Waals surface area contributed by atoms with Gasteiger partial charge < -0.3 is 9.47 Å². The van der Waals surface area contributed by atoms with E-state index in [1.54, 1.807) is 13.8 Å². The second kappa shape index (κ2) is 4.29. The van der Waals surface area contributed by atoms with E-state index in [4.69, 9.17) is 4.74 Å². The Bertz CT molecular complexity index is 399. The van der Waals surface area contributed by atoms with Gasteiger partial charge in [-0.1, -0.05) is 0 Å². The molecule has 0 aliphatic carbocycles. The van der Waals surface area contributed by atoms with Crippen molar-refractivity contribution in [1.29, 1.82) is 0 Å². The van der Waals surface area contributed by atoms with Crippen LogP contribution in [0.25, 0.3) is 0 Å². The van der Waals surface area contributed by atoms with Gasteiger partial charge in [0, 0.05) is 0 Å². The lowest BCUT2D eigenvalue weighted by molar-refractivity contribution is 0.0599. The molecular weight excluding hydrogens is 199 g/mol. The first-order valence-corrected chi connectivity index (χ1v) is 4.45. The SMILES string of the molecule is COC(=O)c1cc(OC)c(F)c(C)c1C. The molecule has 82 valence electrons. The Labute approximate surface area is 87.8 Å². The van der Waals surface area contributed by atoms with Crippen LogP contribution in [-0.4, -0.2) is 20.2 Å². The summed E-state index contributed by atoms with van der Waals surface area (Å²) >= 11 is 0. The third-order valence-electron chi connectivity index (χ3n) is 2.41. The van der Waals surface area contributed by atoms with Gasteiger partial charge in [-0.3, -0.25) is 0 Å². The van der Waals surface area contributed by atoms with Crippen molar-refractivity contribution in [2.75, 3.05) is 14.2 Å². The van der Waals surface area contributed by atoms with Gasteiger partial charge in [0.25, 0.3) is 0 Å². The van der Waals surface area contributed by atoms with Gasteiger partial charge in [0.2, 0.25) is 0 Å². The molecule has 0 saturated heterocycles. The molecule has 0 radical (unpaired) electrons. The highest BCUT2D eigenvalue weighted by Gasteiger charge is 2.17. The molecule has 0 fully saturated rings. The van der Waals surface area contributed by atoms with Gasteiger partial charge in [0.15, 0.2) is 11.6 Å². The Balaban J connectivity index is 3.41. The monoisotopic (exact) mass is 212 g/mol. The van der Waals surface area contributed by atoms with Crippen molar-refractivity contribution >= 4 is 5.97 Å². The third kappa shape index (κ3) is 1.93. The minimum atomic E-state index is -0.492. The van der Waals surface area contributed by atoms with Crippen molar-refractivity contribution in [2.24, 2.45) is 0 Å². The summed E-state index contributed by atoms with van der Waals surface area (Å²) in [7, 11) is 2.64. The predicted octanol–water partition coefficient (Wildman–Crippen LogP) is 2.24. The maximum atomic E-state index is 13.5. The highest BCUT2D eigenvalue weighted by atomic mass is 19.1. The lowest BCUT2D eigenvalue weighted by atomic mass is 10.0. The molecule has 0 bridgehead atoms. The molecule has 0 aliphatic rings. The number of benzene rings is 1. The van der Waals surface area contributed by atoms with E-state index in [0.717, 1.165) is 0 Å². The fourth-order valence-corrected chi connectivity index (χ4v) is 1.32. The Kier molecular flexibility index (Phi) is 3.29. The molecule has 1 aromatic carbocycles. The van der Waals surface area contributed by atoms with E-state index in [-0.39, 0.29) is 5.75 Å². The Morgan fingerprint density at radius 1 is 1.27 bits per heavy atom. The standard InChI is InChI=1S/C11H13FO3/c1-6-7(2)10(12)9(14-3)5-8(6)11(13)15-4/h5H,1-4H3. The molecule has 0 heterocycles. The van der Waals surface area contributed by atoms with E-state index in [1.807, 2.05) is 0 Å². The molecule has 0 unspecified atom stereocenters. The van der Waals surface area contributed by atoms with E-state index in [1.165, 1.54) is 20.3 Å². The lowest BCUT2D eigenvalue weighted by Crippen LogP contribution is -2.07. The highest BCUT2D eigenvalue weighted by molar-refractivity contribution is 5.91. The lowest BCUT2D eigenvalue weighted by Gasteiger charge is -2.11. The minimum Gasteiger partial charge on any atom is -0.494 e. The zero-order valence-electron chi connectivity index (χ0n) is 9.18. The number of esters is 1. The summed E-state index contributed by atoms with van der Waals surface area (Å²) < 4.78 is 23.0. The zero-order chi connectivity index (χ0) is 11.6. The Morgan fingerprint density at radius 3 is 2.33 bits per heavy atom. The first-order chi connectivity index (χ1) is 7.02. The van der Waals surface area contributed by atoms with Crippen LogP contribution < -0.4 is 4.74 Å². The van der Waals surface area contributed by atoms with Crippen molar-refractivity contribution in [3.05, 3.63) is 28.6 Å². The summed E-state index contributed by atoms with van der Waals surface area (Å²) in [6.45, 7) is 3.27. The molecule has 0 spiro atoms. The van der Waals surface area contributed by atoms with Crippen LogP contribution in [0.4, 0.5) is 4.39 Å². The van der Waals surface area contributed by atoms with Crippen LogP contribution in [-0.2, 0) is 4.74 Å². The average Bonchev–Trinajstić information content (AvgIpc) is 2.25. The summed E-state index contributed by atoms with van der Waals surface area (Å²) in [6.07, 6.45) is 0. The number of carbonyl (C=O) groups is 1. The van der Waals surface area contributed by atoms with Crippen molar-refractivity contribution in [3.63, 3.8) is 0 Å². The fourth-order valence-electron chi connectivity index (χ4n) is 1.32. The van der Waals surface area contributed by atoms with Crippen LogP contribution in [0.2, 0.25) is 0 Å². The maximum absolute atomic E-state index is 13.5. The Hall–Kier alpha value is -1.58. The predicted molar refractivity (Wildman–Crippen MR) is 53.8 cm³/mol. The quantitative estimate of drug-likeness (QED) is 0.705. The van der Waals surface area contributed by atoms with Crippen LogP contribution in [0, 0.1) is 19.7 Å². The summed E-state index contributed by atoms with van der Waals surface area (Å²) in [5.41, 5.74) is 1.29. The average molecular weight is 212 g/mol. The number of carbonyl (C=O) groups excluding carboxylic acids is 1. The van der Waals surface area contributed by atoms with Crippen molar-refractivity contribution < 1.29 is 18.7 Å². The van der Waals surface area contributed by atoms with Gasteiger partial charge in [-0.15, -0.1) is 0 Å². The minimum absolute atomic E-state index is 0.0542. The number of methoxy groups -OCH3 is 2. The van der Waals surface area contributed by atoms with E-state index in [9.17, 15) is 9.18 Å². The van der Waals surface area contributed by atoms with Crippen molar-refractivity contribution in [3.8, 4) is 5.75 Å². The molecule has 0 aromatic heterocycles. The topological polar surface area (TPSA) is 35.5 Å². The number of hydrogen-bond acceptors (Lipinski definition) is 3. The van der Waals surface area contributed by atoms with Gasteiger partial charge in [-0.2, -0.15) is 0 Å². The van der Waals surface area contributed by atoms with Gasteiger partial charge in [0.1, 0.15) is 0 Å². The largest absolute Gasteiger partial charge is 0.494 e. The first-order valence-electron chi connectivity index (χ1n) is 4.45. The van der Waals surface area contributed by atoms with Gasteiger partial charge in [-0.25, -0.2) is 9.18 Å². The fraction of sp³-hybridized carbons (Fsp3) is 0.364. The molecular formula is C11H13FO3. The summed E-state index contributed by atoms with van der Waals surface area (Å²) in [4.78, 5) is 11.4. The normalized spacial score (nSPS) is 9.93. The van der Waals surface area contributed by atoms with Crippen LogP contribution in [0.5, 0.6) is 5.75 Å². The molecule has 0 atom stereocenters. The van der Waals surface area contributed by atoms with Gasteiger partial charge in [-0.05, 0) is 31.0 Å². The summed E-state index contributed by atoms with van der Waals surface area (Å²) in [5, 5.41) is 0. The molecule has 1 rings (SSSR count). The molecule has 0 saturated carbocycles.